The maximum absolute atomic E-state index is 12.7. The second kappa shape index (κ2) is 9.23. The number of ether oxygens (including phenoxy) is 2. The molecule has 7 nitrogen and oxygen atoms in total. The Hall–Kier alpha value is -2.97. The van der Waals surface area contributed by atoms with E-state index < -0.39 is 39.8 Å². The zero-order valence-electron chi connectivity index (χ0n) is 16.5. The van der Waals surface area contributed by atoms with Crippen LogP contribution in [0.25, 0.3) is 0 Å². The van der Waals surface area contributed by atoms with Gasteiger partial charge in [-0.1, -0.05) is 42.0 Å². The lowest BCUT2D eigenvalue weighted by Crippen LogP contribution is -2.43. The normalized spacial score (nSPS) is 18.8. The predicted molar refractivity (Wildman–Crippen MR) is 110 cm³/mol. The molecule has 3 rings (SSSR count). The van der Waals surface area contributed by atoms with Crippen molar-refractivity contribution in [3.63, 3.8) is 0 Å². The number of carbonyl (C=O) groups excluding carboxylic acids is 2. The molecule has 1 heterocycles. The van der Waals surface area contributed by atoms with Gasteiger partial charge < -0.3 is 14.8 Å². The molecule has 0 aliphatic carbocycles. The molecule has 0 radical (unpaired) electrons. The van der Waals surface area contributed by atoms with E-state index in [9.17, 15) is 18.0 Å². The Labute approximate surface area is 175 Å². The molecule has 1 fully saturated rings. The van der Waals surface area contributed by atoms with Crippen LogP contribution in [0.5, 0.6) is 0 Å². The van der Waals surface area contributed by atoms with E-state index in [1.165, 1.54) is 12.1 Å². The lowest BCUT2D eigenvalue weighted by Gasteiger charge is -2.16. The second-order valence-corrected chi connectivity index (χ2v) is 8.96. The van der Waals surface area contributed by atoms with Gasteiger partial charge in [-0.3, -0.25) is 4.79 Å². The fourth-order valence-corrected chi connectivity index (χ4v) is 3.95. The minimum absolute atomic E-state index is 0.0958. The highest BCUT2D eigenvalue weighted by Crippen LogP contribution is 2.31. The van der Waals surface area contributed by atoms with Gasteiger partial charge in [0, 0.05) is 0 Å². The van der Waals surface area contributed by atoms with E-state index in [0.29, 0.717) is 6.42 Å². The maximum Gasteiger partial charge on any atom is 0.339 e. The highest BCUT2D eigenvalue weighted by molar-refractivity contribution is 7.91. The number of amides is 1. The van der Waals surface area contributed by atoms with Gasteiger partial charge in [0.2, 0.25) is 6.10 Å². The number of benzene rings is 2. The number of sulfone groups is 1. The van der Waals surface area contributed by atoms with Gasteiger partial charge >= 0.3 is 5.97 Å². The van der Waals surface area contributed by atoms with Crippen molar-refractivity contribution < 1.29 is 27.5 Å². The quantitative estimate of drug-likeness (QED) is 0.373. The third-order valence-electron chi connectivity index (χ3n) is 4.64. The maximum atomic E-state index is 12.7. The van der Waals surface area contributed by atoms with Crippen molar-refractivity contribution in [3.8, 4) is 0 Å². The number of carbonyl (C=O) groups is 2. The molecular formula is C22H23NO6S. The summed E-state index contributed by atoms with van der Waals surface area (Å²) in [4.78, 5) is 25.2. The van der Waals surface area contributed by atoms with Crippen molar-refractivity contribution in [1.29, 1.82) is 0 Å². The van der Waals surface area contributed by atoms with E-state index in [4.69, 9.17) is 9.47 Å². The first kappa shape index (κ1) is 21.7. The van der Waals surface area contributed by atoms with Gasteiger partial charge in [0.15, 0.2) is 9.84 Å². The van der Waals surface area contributed by atoms with Crippen LogP contribution in [-0.2, 0) is 24.1 Å². The zero-order chi connectivity index (χ0) is 21.7. The molecule has 8 heteroatoms. The molecule has 0 spiro atoms. The molecular weight excluding hydrogens is 406 g/mol. The molecule has 2 aromatic carbocycles. The Balaban J connectivity index is 1.69. The summed E-state index contributed by atoms with van der Waals surface area (Å²) in [5.41, 5.74) is 1.20. The van der Waals surface area contributed by atoms with Crippen LogP contribution in [0, 0.1) is 6.92 Å². The first-order valence-electron chi connectivity index (χ1n) is 9.41. The van der Waals surface area contributed by atoms with Crippen LogP contribution >= 0.6 is 0 Å². The molecule has 0 saturated carbocycles. The summed E-state index contributed by atoms with van der Waals surface area (Å²) in [6, 6.07) is 14.5. The lowest BCUT2D eigenvalue weighted by atomic mass is 10.1. The smallest absolute Gasteiger partial charge is 0.339 e. The van der Waals surface area contributed by atoms with Crippen molar-refractivity contribution in [2.24, 2.45) is 0 Å². The molecule has 1 aliphatic rings. The topological polar surface area (TPSA) is 102 Å². The SMILES string of the molecule is C=CC[C@@H]1O[C@H]1C(OC(=O)c1ccccc1)C(=O)NCS(=O)(=O)c1ccc(C)cc1. The highest BCUT2D eigenvalue weighted by atomic mass is 32.2. The van der Waals surface area contributed by atoms with Gasteiger partial charge in [-0.25, -0.2) is 13.2 Å². The number of epoxide rings is 1. The lowest BCUT2D eigenvalue weighted by molar-refractivity contribution is -0.130. The van der Waals surface area contributed by atoms with E-state index in [1.54, 1.807) is 48.5 Å². The van der Waals surface area contributed by atoms with E-state index >= 15 is 0 Å². The van der Waals surface area contributed by atoms with Gasteiger partial charge in [-0.2, -0.15) is 0 Å². The van der Waals surface area contributed by atoms with Crippen LogP contribution in [0.2, 0.25) is 0 Å². The second-order valence-electron chi connectivity index (χ2n) is 6.97. The Morgan fingerprint density at radius 2 is 1.83 bits per heavy atom. The molecule has 0 aromatic heterocycles. The molecule has 158 valence electrons. The summed E-state index contributed by atoms with van der Waals surface area (Å²) in [5.74, 6) is -2.04. The Bertz CT molecular complexity index is 1020. The van der Waals surface area contributed by atoms with Gasteiger partial charge in [0.25, 0.3) is 5.91 Å². The van der Waals surface area contributed by atoms with Crippen LogP contribution in [0.4, 0.5) is 0 Å². The third-order valence-corrected chi connectivity index (χ3v) is 6.15. The molecule has 2 aromatic rings. The molecule has 1 N–H and O–H groups in total. The Morgan fingerprint density at radius 1 is 1.17 bits per heavy atom. The Kier molecular flexibility index (Phi) is 6.69. The number of aryl methyl sites for hydroxylation is 1. The number of hydrogen-bond donors (Lipinski definition) is 1. The van der Waals surface area contributed by atoms with Crippen molar-refractivity contribution in [2.45, 2.75) is 36.6 Å². The minimum Gasteiger partial charge on any atom is -0.446 e. The number of esters is 1. The zero-order valence-corrected chi connectivity index (χ0v) is 17.3. The predicted octanol–water partition coefficient (Wildman–Crippen LogP) is 2.41. The average Bonchev–Trinajstić information content (AvgIpc) is 3.50. The average molecular weight is 429 g/mol. The van der Waals surface area contributed by atoms with Gasteiger partial charge in [-0.05, 0) is 37.6 Å². The summed E-state index contributed by atoms with van der Waals surface area (Å²) in [6.45, 7) is 5.48. The Morgan fingerprint density at radius 3 is 2.47 bits per heavy atom. The van der Waals surface area contributed by atoms with Crippen molar-refractivity contribution >= 4 is 21.7 Å². The number of rotatable bonds is 9. The largest absolute Gasteiger partial charge is 0.446 e. The van der Waals surface area contributed by atoms with Gasteiger partial charge in [-0.15, -0.1) is 6.58 Å². The van der Waals surface area contributed by atoms with Crippen LogP contribution in [0.3, 0.4) is 0 Å². The van der Waals surface area contributed by atoms with Crippen LogP contribution in [-0.4, -0.2) is 44.5 Å². The van der Waals surface area contributed by atoms with E-state index in [1.807, 2.05) is 6.92 Å². The van der Waals surface area contributed by atoms with Crippen molar-refractivity contribution in [2.75, 3.05) is 5.88 Å². The summed E-state index contributed by atoms with van der Waals surface area (Å²) in [6.07, 6.45) is -0.108. The minimum atomic E-state index is -3.74. The highest BCUT2D eigenvalue weighted by Gasteiger charge is 2.49. The summed E-state index contributed by atoms with van der Waals surface area (Å²) in [5, 5.41) is 2.37. The molecule has 1 amide bonds. The first-order valence-corrected chi connectivity index (χ1v) is 11.1. The van der Waals surface area contributed by atoms with E-state index in [-0.39, 0.29) is 16.6 Å². The van der Waals surface area contributed by atoms with E-state index in [2.05, 4.69) is 11.9 Å². The monoisotopic (exact) mass is 429 g/mol. The standard InChI is InChI=1S/C22H23NO6S/c1-3-7-18-19(28-18)20(29-22(25)16-8-5-4-6-9-16)21(24)23-14-30(26,27)17-12-10-15(2)11-13-17/h3-6,8-13,18-20H,1,7,14H2,2H3,(H,23,24)/t18-,19+,20?/m0/s1. The van der Waals surface area contributed by atoms with Crippen LogP contribution < -0.4 is 5.32 Å². The van der Waals surface area contributed by atoms with E-state index in [0.717, 1.165) is 5.56 Å². The third kappa shape index (κ3) is 5.34. The molecule has 1 unspecified atom stereocenters. The fourth-order valence-electron chi connectivity index (χ4n) is 2.90. The molecule has 1 saturated heterocycles. The van der Waals surface area contributed by atoms with Gasteiger partial charge in [0.1, 0.15) is 12.0 Å². The summed E-state index contributed by atoms with van der Waals surface area (Å²) < 4.78 is 35.8. The number of nitrogens with one attached hydrogen (secondary N) is 1. The van der Waals surface area contributed by atoms with Crippen molar-refractivity contribution in [1.82, 2.24) is 5.32 Å². The summed E-state index contributed by atoms with van der Waals surface area (Å²) in [7, 11) is -3.74. The first-order chi connectivity index (χ1) is 14.3. The fraction of sp³-hybridized carbons (Fsp3) is 0.273. The molecule has 3 atom stereocenters. The molecule has 30 heavy (non-hydrogen) atoms. The van der Waals surface area contributed by atoms with Crippen LogP contribution in [0.15, 0.2) is 72.1 Å². The van der Waals surface area contributed by atoms with Crippen LogP contribution in [0.1, 0.15) is 22.3 Å². The molecule has 1 aliphatic heterocycles. The molecule has 0 bridgehead atoms. The van der Waals surface area contributed by atoms with Crippen molar-refractivity contribution in [3.05, 3.63) is 78.4 Å². The summed E-state index contributed by atoms with van der Waals surface area (Å²) >= 11 is 0. The van der Waals surface area contributed by atoms with Gasteiger partial charge in [0.05, 0.1) is 16.6 Å². The number of hydrogen-bond acceptors (Lipinski definition) is 6.